The highest BCUT2D eigenvalue weighted by atomic mass is 32.2. The summed E-state index contributed by atoms with van der Waals surface area (Å²) in [7, 11) is -3.53. The van der Waals surface area contributed by atoms with E-state index in [9.17, 15) is 13.2 Å². The Balaban J connectivity index is 2.97. The number of anilines is 1. The predicted molar refractivity (Wildman–Crippen MR) is 98.4 cm³/mol. The number of carbonyl (C=O) groups is 1. The molecule has 0 aromatic heterocycles. The molecule has 0 fully saturated rings. The molecule has 0 saturated heterocycles. The van der Waals surface area contributed by atoms with Crippen LogP contribution in [0.15, 0.2) is 29.2 Å². The van der Waals surface area contributed by atoms with E-state index in [4.69, 9.17) is 0 Å². The fraction of sp³-hybridized carbons (Fsp3) is 0.611. The van der Waals surface area contributed by atoms with Crippen LogP contribution in [0.25, 0.3) is 0 Å². The van der Waals surface area contributed by atoms with Gasteiger partial charge in [-0.05, 0) is 42.5 Å². The lowest BCUT2D eigenvalue weighted by atomic mass is 10.2. The van der Waals surface area contributed by atoms with E-state index in [0.717, 1.165) is 6.42 Å². The monoisotopic (exact) mass is 354 g/mol. The summed E-state index contributed by atoms with van der Waals surface area (Å²) in [4.78, 5) is 11.9. The van der Waals surface area contributed by atoms with Crippen LogP contribution < -0.4 is 5.32 Å². The maximum Gasteiger partial charge on any atom is 0.243 e. The molecule has 0 spiro atoms. The molecule has 1 N–H and O–H groups in total. The third-order valence-corrected chi connectivity index (χ3v) is 5.24. The summed E-state index contributed by atoms with van der Waals surface area (Å²) < 4.78 is 27.3. The SMILES string of the molecule is CCCC(=O)Nc1ccc(S(=O)(=O)N(CC(C)C)CC(C)C)cc1. The van der Waals surface area contributed by atoms with Gasteiger partial charge in [0.1, 0.15) is 0 Å². The molecular formula is C18H30N2O3S. The van der Waals surface area contributed by atoms with Crippen molar-refractivity contribution >= 4 is 21.6 Å². The number of nitrogens with one attached hydrogen (secondary N) is 1. The second-order valence-electron chi connectivity index (χ2n) is 6.93. The third kappa shape index (κ3) is 6.24. The highest BCUT2D eigenvalue weighted by molar-refractivity contribution is 7.89. The number of rotatable bonds is 9. The molecule has 6 heteroatoms. The summed E-state index contributed by atoms with van der Waals surface area (Å²) in [6, 6.07) is 6.40. The molecule has 1 rings (SSSR count). The lowest BCUT2D eigenvalue weighted by Crippen LogP contribution is -2.37. The fourth-order valence-corrected chi connectivity index (χ4v) is 4.16. The van der Waals surface area contributed by atoms with Crippen molar-refractivity contribution in [3.8, 4) is 0 Å². The van der Waals surface area contributed by atoms with Crippen LogP contribution >= 0.6 is 0 Å². The number of carbonyl (C=O) groups excluding carboxylic acids is 1. The Hall–Kier alpha value is -1.40. The van der Waals surface area contributed by atoms with Gasteiger partial charge in [-0.2, -0.15) is 4.31 Å². The van der Waals surface area contributed by atoms with E-state index in [1.165, 1.54) is 0 Å². The molecule has 1 aromatic rings. The Bertz CT molecular complexity index is 612. The maximum absolute atomic E-state index is 12.9. The molecule has 0 bridgehead atoms. The number of hydrogen-bond acceptors (Lipinski definition) is 3. The zero-order valence-electron chi connectivity index (χ0n) is 15.4. The summed E-state index contributed by atoms with van der Waals surface area (Å²) in [5.41, 5.74) is 0.617. The van der Waals surface area contributed by atoms with E-state index in [1.807, 2.05) is 34.6 Å². The summed E-state index contributed by atoms with van der Waals surface area (Å²) in [6.45, 7) is 11.0. The van der Waals surface area contributed by atoms with Crippen LogP contribution in [0.4, 0.5) is 5.69 Å². The van der Waals surface area contributed by atoms with Crippen LogP contribution in [0.3, 0.4) is 0 Å². The van der Waals surface area contributed by atoms with E-state index in [-0.39, 0.29) is 22.6 Å². The van der Waals surface area contributed by atoms with Gasteiger partial charge in [-0.25, -0.2) is 8.42 Å². The van der Waals surface area contributed by atoms with Gasteiger partial charge in [-0.3, -0.25) is 4.79 Å². The molecule has 0 unspecified atom stereocenters. The molecule has 0 aliphatic rings. The van der Waals surface area contributed by atoms with Gasteiger partial charge in [0.25, 0.3) is 0 Å². The minimum absolute atomic E-state index is 0.0608. The average Bonchev–Trinajstić information content (AvgIpc) is 2.46. The van der Waals surface area contributed by atoms with Crippen molar-refractivity contribution in [2.24, 2.45) is 11.8 Å². The lowest BCUT2D eigenvalue weighted by Gasteiger charge is -2.25. The van der Waals surface area contributed by atoms with Crippen molar-refractivity contribution in [3.63, 3.8) is 0 Å². The van der Waals surface area contributed by atoms with E-state index in [2.05, 4.69) is 5.32 Å². The molecule has 0 aliphatic heterocycles. The van der Waals surface area contributed by atoms with Gasteiger partial charge in [0.2, 0.25) is 15.9 Å². The first-order valence-electron chi connectivity index (χ1n) is 8.56. The molecule has 0 saturated carbocycles. The predicted octanol–water partition coefficient (Wildman–Crippen LogP) is 3.73. The first-order chi connectivity index (χ1) is 11.2. The molecule has 0 radical (unpaired) electrons. The Morgan fingerprint density at radius 1 is 1.04 bits per heavy atom. The van der Waals surface area contributed by atoms with Crippen molar-refractivity contribution in [1.82, 2.24) is 4.31 Å². The molecule has 5 nitrogen and oxygen atoms in total. The average molecular weight is 355 g/mol. The molecule has 1 amide bonds. The number of amides is 1. The number of sulfonamides is 1. The summed E-state index contributed by atoms with van der Waals surface area (Å²) in [6.07, 6.45) is 1.23. The first-order valence-corrected chi connectivity index (χ1v) is 10.0. The molecule has 136 valence electrons. The highest BCUT2D eigenvalue weighted by Gasteiger charge is 2.25. The second-order valence-corrected chi connectivity index (χ2v) is 8.87. The fourth-order valence-electron chi connectivity index (χ4n) is 2.40. The maximum atomic E-state index is 12.9. The zero-order chi connectivity index (χ0) is 18.3. The van der Waals surface area contributed by atoms with Crippen molar-refractivity contribution in [3.05, 3.63) is 24.3 Å². The second kappa shape index (κ2) is 9.18. The van der Waals surface area contributed by atoms with E-state index < -0.39 is 10.0 Å². The summed E-state index contributed by atoms with van der Waals surface area (Å²) in [5, 5.41) is 2.77. The van der Waals surface area contributed by atoms with Gasteiger partial charge < -0.3 is 5.32 Å². The van der Waals surface area contributed by atoms with Gasteiger partial charge in [0, 0.05) is 25.2 Å². The van der Waals surface area contributed by atoms with Gasteiger partial charge in [0.15, 0.2) is 0 Å². The molecule has 24 heavy (non-hydrogen) atoms. The number of nitrogens with zero attached hydrogens (tertiary/aromatic N) is 1. The largest absolute Gasteiger partial charge is 0.326 e. The van der Waals surface area contributed by atoms with Crippen molar-refractivity contribution in [2.75, 3.05) is 18.4 Å². The minimum Gasteiger partial charge on any atom is -0.326 e. The molecule has 1 aromatic carbocycles. The third-order valence-electron chi connectivity index (χ3n) is 3.39. The normalized spacial score (nSPS) is 12.2. The standard InChI is InChI=1S/C18H30N2O3S/c1-6-7-18(21)19-16-8-10-17(11-9-16)24(22,23)20(12-14(2)3)13-15(4)5/h8-11,14-15H,6-7,12-13H2,1-5H3,(H,19,21). The van der Waals surface area contributed by atoms with E-state index >= 15 is 0 Å². The van der Waals surface area contributed by atoms with Gasteiger partial charge in [-0.15, -0.1) is 0 Å². The van der Waals surface area contributed by atoms with Crippen molar-refractivity contribution < 1.29 is 13.2 Å². The Kier molecular flexibility index (Phi) is 7.90. The molecule has 0 atom stereocenters. The van der Waals surface area contributed by atoms with Crippen LogP contribution in [0, 0.1) is 11.8 Å². The topological polar surface area (TPSA) is 66.5 Å². The quantitative estimate of drug-likeness (QED) is 0.735. The number of hydrogen-bond donors (Lipinski definition) is 1. The van der Waals surface area contributed by atoms with Crippen LogP contribution in [0.1, 0.15) is 47.5 Å². The minimum atomic E-state index is -3.53. The lowest BCUT2D eigenvalue weighted by molar-refractivity contribution is -0.116. The molecule has 0 heterocycles. The molecule has 0 aliphatic carbocycles. The van der Waals surface area contributed by atoms with Gasteiger partial charge in [-0.1, -0.05) is 34.6 Å². The first kappa shape index (κ1) is 20.6. The van der Waals surface area contributed by atoms with Crippen LogP contribution in [-0.4, -0.2) is 31.7 Å². The van der Waals surface area contributed by atoms with Crippen LogP contribution in [-0.2, 0) is 14.8 Å². The Labute approximate surface area is 146 Å². The Morgan fingerprint density at radius 2 is 1.54 bits per heavy atom. The van der Waals surface area contributed by atoms with Crippen molar-refractivity contribution in [1.29, 1.82) is 0 Å². The smallest absolute Gasteiger partial charge is 0.243 e. The van der Waals surface area contributed by atoms with Crippen LogP contribution in [0.2, 0.25) is 0 Å². The van der Waals surface area contributed by atoms with Crippen LogP contribution in [0.5, 0.6) is 0 Å². The van der Waals surface area contributed by atoms with Gasteiger partial charge in [0.05, 0.1) is 4.90 Å². The van der Waals surface area contributed by atoms with E-state index in [0.29, 0.717) is 25.2 Å². The highest BCUT2D eigenvalue weighted by Crippen LogP contribution is 2.21. The number of benzene rings is 1. The zero-order valence-corrected chi connectivity index (χ0v) is 16.2. The van der Waals surface area contributed by atoms with Gasteiger partial charge >= 0.3 is 0 Å². The Morgan fingerprint density at radius 3 is 1.96 bits per heavy atom. The van der Waals surface area contributed by atoms with E-state index in [1.54, 1.807) is 28.6 Å². The molecular weight excluding hydrogens is 324 g/mol. The van der Waals surface area contributed by atoms with Crippen molar-refractivity contribution in [2.45, 2.75) is 52.4 Å². The summed E-state index contributed by atoms with van der Waals surface area (Å²) in [5.74, 6) is 0.451. The summed E-state index contributed by atoms with van der Waals surface area (Å²) >= 11 is 0.